The normalized spacial score (nSPS) is 20.7. The van der Waals surface area contributed by atoms with E-state index in [-0.39, 0.29) is 17.7 Å². The predicted molar refractivity (Wildman–Crippen MR) is 114 cm³/mol. The highest BCUT2D eigenvalue weighted by Gasteiger charge is 2.38. The van der Waals surface area contributed by atoms with Crippen molar-refractivity contribution in [1.82, 2.24) is 9.80 Å². The molecule has 3 rings (SSSR count). The van der Waals surface area contributed by atoms with Gasteiger partial charge < -0.3 is 19.6 Å². The van der Waals surface area contributed by atoms with E-state index in [0.29, 0.717) is 13.0 Å². The minimum atomic E-state index is -0.220. The third-order valence-electron chi connectivity index (χ3n) is 6.21. The lowest BCUT2D eigenvalue weighted by Crippen LogP contribution is -2.50. The number of nitrogens with zero attached hydrogens (tertiary/aromatic N) is 4. The van der Waals surface area contributed by atoms with Crippen molar-refractivity contribution >= 4 is 23.2 Å². The maximum Gasteiger partial charge on any atom is 0.228 e. The van der Waals surface area contributed by atoms with Gasteiger partial charge in [0.25, 0.3) is 0 Å². The summed E-state index contributed by atoms with van der Waals surface area (Å²) in [5.74, 6) is -0.0178. The van der Waals surface area contributed by atoms with Crippen LogP contribution in [0.3, 0.4) is 0 Å². The van der Waals surface area contributed by atoms with Crippen LogP contribution in [0.5, 0.6) is 0 Å². The molecule has 28 heavy (non-hydrogen) atoms. The second kappa shape index (κ2) is 8.95. The van der Waals surface area contributed by atoms with Gasteiger partial charge in [-0.2, -0.15) is 0 Å². The van der Waals surface area contributed by atoms with E-state index in [1.165, 1.54) is 5.69 Å². The number of hydrogen-bond acceptors (Lipinski definition) is 4. The van der Waals surface area contributed by atoms with Crippen LogP contribution in [-0.2, 0) is 9.59 Å². The number of carbonyl (C=O) groups excluding carboxylic acids is 2. The number of amides is 2. The van der Waals surface area contributed by atoms with Gasteiger partial charge in [0, 0.05) is 63.6 Å². The van der Waals surface area contributed by atoms with Crippen LogP contribution >= 0.6 is 0 Å². The Balaban J connectivity index is 1.68. The van der Waals surface area contributed by atoms with E-state index >= 15 is 0 Å². The number of piperazine rings is 1. The topological polar surface area (TPSA) is 47.1 Å². The zero-order valence-corrected chi connectivity index (χ0v) is 17.8. The van der Waals surface area contributed by atoms with Gasteiger partial charge in [0.05, 0.1) is 5.92 Å². The summed E-state index contributed by atoms with van der Waals surface area (Å²) in [7, 11) is 0. The third-order valence-corrected chi connectivity index (χ3v) is 6.21. The smallest absolute Gasteiger partial charge is 0.228 e. The van der Waals surface area contributed by atoms with E-state index in [1.807, 2.05) is 15.9 Å². The molecule has 2 aliphatic heterocycles. The monoisotopic (exact) mass is 386 g/mol. The zero-order chi connectivity index (χ0) is 20.3. The molecule has 2 saturated heterocycles. The van der Waals surface area contributed by atoms with E-state index < -0.39 is 0 Å². The average molecular weight is 387 g/mol. The highest BCUT2D eigenvalue weighted by atomic mass is 16.2. The van der Waals surface area contributed by atoms with Crippen LogP contribution in [0.2, 0.25) is 0 Å². The van der Waals surface area contributed by atoms with Gasteiger partial charge in [0.1, 0.15) is 0 Å². The molecular formula is C22H34N4O2. The summed E-state index contributed by atoms with van der Waals surface area (Å²) in [6.45, 7) is 15.3. The maximum atomic E-state index is 12.9. The highest BCUT2D eigenvalue weighted by molar-refractivity contribution is 6.01. The van der Waals surface area contributed by atoms with E-state index in [2.05, 4.69) is 49.6 Å². The summed E-state index contributed by atoms with van der Waals surface area (Å²) < 4.78 is 0. The summed E-state index contributed by atoms with van der Waals surface area (Å²) >= 11 is 0. The molecule has 0 radical (unpaired) electrons. The van der Waals surface area contributed by atoms with Crippen molar-refractivity contribution in [2.45, 2.75) is 34.1 Å². The molecule has 1 aromatic rings. The Morgan fingerprint density at radius 2 is 1.79 bits per heavy atom. The molecule has 0 aliphatic carbocycles. The molecule has 2 aliphatic rings. The molecule has 0 saturated carbocycles. The Kier molecular flexibility index (Phi) is 6.60. The number of aryl methyl sites for hydroxylation is 1. The summed E-state index contributed by atoms with van der Waals surface area (Å²) in [4.78, 5) is 34.1. The van der Waals surface area contributed by atoms with Crippen molar-refractivity contribution in [3.05, 3.63) is 23.8 Å². The fourth-order valence-electron chi connectivity index (χ4n) is 4.38. The van der Waals surface area contributed by atoms with Crippen molar-refractivity contribution in [3.63, 3.8) is 0 Å². The molecule has 0 bridgehead atoms. The fraction of sp³-hybridized carbons (Fsp3) is 0.636. The van der Waals surface area contributed by atoms with Crippen molar-refractivity contribution in [1.29, 1.82) is 0 Å². The molecule has 2 fully saturated rings. The van der Waals surface area contributed by atoms with E-state index in [4.69, 9.17) is 0 Å². The van der Waals surface area contributed by atoms with Gasteiger partial charge in [-0.1, -0.05) is 6.92 Å². The number of rotatable bonds is 6. The molecule has 1 atom stereocenters. The van der Waals surface area contributed by atoms with Gasteiger partial charge in [0.15, 0.2) is 0 Å². The van der Waals surface area contributed by atoms with Crippen LogP contribution in [0.1, 0.15) is 32.8 Å². The SMILES string of the molecule is CCN1CCN(C(=O)C2CC(=O)N(c3ccc(N(CC)CC)cc3C)C2)CC1. The lowest BCUT2D eigenvalue weighted by molar-refractivity contribution is -0.137. The van der Waals surface area contributed by atoms with Gasteiger partial charge in [0.2, 0.25) is 11.8 Å². The fourth-order valence-corrected chi connectivity index (χ4v) is 4.38. The number of anilines is 2. The standard InChI is InChI=1S/C22H34N4O2/c1-5-23-10-12-25(13-11-23)22(28)18-15-21(27)26(16-18)20-9-8-19(14-17(20)4)24(6-2)7-3/h8-9,14,18H,5-7,10-13,15-16H2,1-4H3. The first kappa shape index (κ1) is 20.6. The Morgan fingerprint density at radius 3 is 2.36 bits per heavy atom. The first-order chi connectivity index (χ1) is 13.5. The molecule has 154 valence electrons. The highest BCUT2D eigenvalue weighted by Crippen LogP contribution is 2.31. The predicted octanol–water partition coefficient (Wildman–Crippen LogP) is 2.36. The van der Waals surface area contributed by atoms with Crippen molar-refractivity contribution in [2.24, 2.45) is 5.92 Å². The van der Waals surface area contributed by atoms with Gasteiger partial charge in [-0.25, -0.2) is 0 Å². The average Bonchev–Trinajstić information content (AvgIpc) is 3.10. The molecule has 0 aromatic heterocycles. The number of benzene rings is 1. The van der Waals surface area contributed by atoms with Gasteiger partial charge in [-0.05, 0) is 51.1 Å². The van der Waals surface area contributed by atoms with Gasteiger partial charge >= 0.3 is 0 Å². The van der Waals surface area contributed by atoms with Gasteiger partial charge in [-0.3, -0.25) is 9.59 Å². The van der Waals surface area contributed by atoms with E-state index in [0.717, 1.165) is 57.1 Å². The number of hydrogen-bond donors (Lipinski definition) is 0. The van der Waals surface area contributed by atoms with Crippen LogP contribution in [0.4, 0.5) is 11.4 Å². The van der Waals surface area contributed by atoms with E-state index in [1.54, 1.807) is 0 Å². The molecular weight excluding hydrogens is 352 g/mol. The quantitative estimate of drug-likeness (QED) is 0.753. The molecule has 1 aromatic carbocycles. The summed E-state index contributed by atoms with van der Waals surface area (Å²) in [5.41, 5.74) is 3.20. The molecule has 2 amide bonds. The van der Waals surface area contributed by atoms with Crippen molar-refractivity contribution in [3.8, 4) is 0 Å². The van der Waals surface area contributed by atoms with Crippen LogP contribution in [0, 0.1) is 12.8 Å². The Hall–Kier alpha value is -2.08. The lowest BCUT2D eigenvalue weighted by atomic mass is 10.1. The van der Waals surface area contributed by atoms with Crippen LogP contribution in [0.25, 0.3) is 0 Å². The van der Waals surface area contributed by atoms with Crippen molar-refractivity contribution < 1.29 is 9.59 Å². The molecule has 0 N–H and O–H groups in total. The maximum absolute atomic E-state index is 12.9. The zero-order valence-electron chi connectivity index (χ0n) is 17.8. The van der Waals surface area contributed by atoms with E-state index in [9.17, 15) is 9.59 Å². The van der Waals surface area contributed by atoms with Crippen molar-refractivity contribution in [2.75, 3.05) is 62.2 Å². The van der Waals surface area contributed by atoms with Crippen LogP contribution in [0.15, 0.2) is 18.2 Å². The largest absolute Gasteiger partial charge is 0.372 e. The summed E-state index contributed by atoms with van der Waals surface area (Å²) in [6, 6.07) is 6.27. The minimum Gasteiger partial charge on any atom is -0.372 e. The molecule has 2 heterocycles. The second-order valence-corrected chi connectivity index (χ2v) is 7.81. The number of likely N-dealkylation sites (N-methyl/N-ethyl adjacent to an activating group) is 1. The number of carbonyl (C=O) groups is 2. The lowest BCUT2D eigenvalue weighted by Gasteiger charge is -2.35. The van der Waals surface area contributed by atoms with Crippen LogP contribution in [-0.4, -0.2) is 74.0 Å². The molecule has 1 unspecified atom stereocenters. The third kappa shape index (κ3) is 4.17. The Morgan fingerprint density at radius 1 is 1.11 bits per heavy atom. The van der Waals surface area contributed by atoms with Gasteiger partial charge in [-0.15, -0.1) is 0 Å². The summed E-state index contributed by atoms with van der Waals surface area (Å²) in [5, 5.41) is 0. The molecule has 6 heteroatoms. The second-order valence-electron chi connectivity index (χ2n) is 7.81. The first-order valence-electron chi connectivity index (χ1n) is 10.7. The minimum absolute atomic E-state index is 0.0595. The Labute approximate surface area is 169 Å². The molecule has 6 nitrogen and oxygen atoms in total. The molecule has 0 spiro atoms. The first-order valence-corrected chi connectivity index (χ1v) is 10.7. The van der Waals surface area contributed by atoms with Crippen LogP contribution < -0.4 is 9.80 Å². The Bertz CT molecular complexity index is 708. The summed E-state index contributed by atoms with van der Waals surface area (Å²) in [6.07, 6.45) is 0.323.